The maximum atomic E-state index is 6.27. The monoisotopic (exact) mass is 303 g/mol. The van der Waals surface area contributed by atoms with E-state index in [0.29, 0.717) is 0 Å². The molecular formula is C18H22ClNO. The molecule has 0 aliphatic rings. The minimum absolute atomic E-state index is 0.0537. The SMILES string of the molecule is CNC(c1ccc(C)c(Cl)c1)c1ccccc1OC(C)C. The lowest BCUT2D eigenvalue weighted by Crippen LogP contribution is -2.19. The summed E-state index contributed by atoms with van der Waals surface area (Å²) in [5.74, 6) is 0.906. The van der Waals surface area contributed by atoms with Crippen molar-refractivity contribution in [2.45, 2.75) is 32.9 Å². The number of halogens is 1. The fourth-order valence-electron chi connectivity index (χ4n) is 2.37. The van der Waals surface area contributed by atoms with Crippen LogP contribution in [0.2, 0.25) is 5.02 Å². The molecule has 2 nitrogen and oxygen atoms in total. The van der Waals surface area contributed by atoms with E-state index in [1.54, 1.807) is 0 Å². The number of aryl methyl sites for hydroxylation is 1. The zero-order chi connectivity index (χ0) is 15.4. The van der Waals surface area contributed by atoms with Crippen LogP contribution in [0.25, 0.3) is 0 Å². The molecule has 0 heterocycles. The van der Waals surface area contributed by atoms with Crippen molar-refractivity contribution >= 4 is 11.6 Å². The second-order valence-electron chi connectivity index (χ2n) is 5.43. The maximum Gasteiger partial charge on any atom is 0.124 e. The third kappa shape index (κ3) is 3.78. The molecule has 2 aromatic rings. The molecule has 0 amide bonds. The van der Waals surface area contributed by atoms with Crippen molar-refractivity contribution in [3.8, 4) is 5.75 Å². The minimum atomic E-state index is 0.0537. The van der Waals surface area contributed by atoms with Crippen LogP contribution in [0, 0.1) is 6.92 Å². The molecule has 0 aromatic heterocycles. The average Bonchev–Trinajstić information content (AvgIpc) is 2.44. The first-order valence-corrected chi connectivity index (χ1v) is 7.59. The first-order chi connectivity index (χ1) is 10.0. The molecule has 1 N–H and O–H groups in total. The Labute approximate surface area is 132 Å². The molecule has 3 heteroatoms. The van der Waals surface area contributed by atoms with Crippen LogP contribution in [-0.2, 0) is 0 Å². The van der Waals surface area contributed by atoms with Gasteiger partial charge in [-0.1, -0.05) is 41.9 Å². The summed E-state index contributed by atoms with van der Waals surface area (Å²) >= 11 is 6.27. The molecule has 0 saturated heterocycles. The van der Waals surface area contributed by atoms with Crippen LogP contribution in [0.3, 0.4) is 0 Å². The quantitative estimate of drug-likeness (QED) is 0.861. The first-order valence-electron chi connectivity index (χ1n) is 7.21. The molecule has 112 valence electrons. The molecule has 0 bridgehead atoms. The van der Waals surface area contributed by atoms with Gasteiger partial charge in [-0.2, -0.15) is 0 Å². The van der Waals surface area contributed by atoms with Crippen LogP contribution in [0.15, 0.2) is 42.5 Å². The van der Waals surface area contributed by atoms with E-state index in [1.807, 2.05) is 58.2 Å². The lowest BCUT2D eigenvalue weighted by atomic mass is 9.97. The van der Waals surface area contributed by atoms with Crippen LogP contribution in [0.1, 0.15) is 36.6 Å². The molecule has 0 aliphatic carbocycles. The number of hydrogen-bond donors (Lipinski definition) is 1. The number of para-hydroxylation sites is 1. The number of rotatable bonds is 5. The topological polar surface area (TPSA) is 21.3 Å². The van der Waals surface area contributed by atoms with E-state index in [0.717, 1.165) is 27.5 Å². The van der Waals surface area contributed by atoms with E-state index < -0.39 is 0 Å². The van der Waals surface area contributed by atoms with Crippen LogP contribution in [-0.4, -0.2) is 13.2 Å². The zero-order valence-electron chi connectivity index (χ0n) is 13.0. The summed E-state index contributed by atoms with van der Waals surface area (Å²) in [6.45, 7) is 6.08. The van der Waals surface area contributed by atoms with Crippen molar-refractivity contribution < 1.29 is 4.74 Å². The van der Waals surface area contributed by atoms with E-state index >= 15 is 0 Å². The highest BCUT2D eigenvalue weighted by atomic mass is 35.5. The molecule has 2 aromatic carbocycles. The average molecular weight is 304 g/mol. The van der Waals surface area contributed by atoms with E-state index in [4.69, 9.17) is 16.3 Å². The summed E-state index contributed by atoms with van der Waals surface area (Å²) in [5, 5.41) is 4.14. The van der Waals surface area contributed by atoms with Crippen molar-refractivity contribution in [3.05, 3.63) is 64.2 Å². The molecule has 0 fully saturated rings. The van der Waals surface area contributed by atoms with E-state index in [1.165, 1.54) is 0 Å². The third-order valence-corrected chi connectivity index (χ3v) is 3.82. The standard InChI is InChI=1S/C18H22ClNO/c1-12(2)21-17-8-6-5-7-15(17)18(20-4)14-10-9-13(3)16(19)11-14/h5-12,18,20H,1-4H3. The lowest BCUT2D eigenvalue weighted by molar-refractivity contribution is 0.238. The van der Waals surface area contributed by atoms with Crippen LogP contribution in [0.4, 0.5) is 0 Å². The van der Waals surface area contributed by atoms with Gasteiger partial charge in [-0.15, -0.1) is 0 Å². The number of ether oxygens (including phenoxy) is 1. The molecule has 0 saturated carbocycles. The van der Waals surface area contributed by atoms with Gasteiger partial charge in [0.25, 0.3) is 0 Å². The summed E-state index contributed by atoms with van der Waals surface area (Å²) in [7, 11) is 1.95. The van der Waals surface area contributed by atoms with Crippen LogP contribution >= 0.6 is 11.6 Å². The van der Waals surface area contributed by atoms with Crippen molar-refractivity contribution in [3.63, 3.8) is 0 Å². The molecule has 21 heavy (non-hydrogen) atoms. The molecule has 1 atom stereocenters. The van der Waals surface area contributed by atoms with Gasteiger partial charge in [0.1, 0.15) is 5.75 Å². The van der Waals surface area contributed by atoms with Gasteiger partial charge in [0.15, 0.2) is 0 Å². The van der Waals surface area contributed by atoms with Crippen molar-refractivity contribution in [1.29, 1.82) is 0 Å². The number of nitrogens with one attached hydrogen (secondary N) is 1. The highest BCUT2D eigenvalue weighted by molar-refractivity contribution is 6.31. The van der Waals surface area contributed by atoms with Gasteiger partial charge in [0.2, 0.25) is 0 Å². The minimum Gasteiger partial charge on any atom is -0.491 e. The molecule has 2 rings (SSSR count). The van der Waals surface area contributed by atoms with Crippen molar-refractivity contribution in [2.24, 2.45) is 0 Å². The summed E-state index contributed by atoms with van der Waals surface area (Å²) in [4.78, 5) is 0. The van der Waals surface area contributed by atoms with E-state index in [9.17, 15) is 0 Å². The number of hydrogen-bond acceptors (Lipinski definition) is 2. The number of benzene rings is 2. The fraction of sp³-hybridized carbons (Fsp3) is 0.333. The molecule has 0 aliphatic heterocycles. The summed E-state index contributed by atoms with van der Waals surface area (Å²) in [6.07, 6.45) is 0.144. The van der Waals surface area contributed by atoms with Gasteiger partial charge in [0.05, 0.1) is 12.1 Å². The second-order valence-corrected chi connectivity index (χ2v) is 5.84. The molecule has 0 radical (unpaired) electrons. The Kier molecular flexibility index (Phi) is 5.27. The highest BCUT2D eigenvalue weighted by Gasteiger charge is 2.17. The third-order valence-electron chi connectivity index (χ3n) is 3.41. The largest absolute Gasteiger partial charge is 0.491 e. The van der Waals surface area contributed by atoms with Gasteiger partial charge in [-0.3, -0.25) is 0 Å². The summed E-state index contributed by atoms with van der Waals surface area (Å²) < 4.78 is 5.93. The van der Waals surface area contributed by atoms with Crippen molar-refractivity contribution in [1.82, 2.24) is 5.32 Å². The molecular weight excluding hydrogens is 282 g/mol. The smallest absolute Gasteiger partial charge is 0.124 e. The summed E-state index contributed by atoms with van der Waals surface area (Å²) in [6, 6.07) is 14.4. The predicted octanol–water partition coefficient (Wildman–Crippen LogP) is 4.74. The van der Waals surface area contributed by atoms with Crippen LogP contribution < -0.4 is 10.1 Å². The summed E-state index contributed by atoms with van der Waals surface area (Å²) in [5.41, 5.74) is 3.34. The maximum absolute atomic E-state index is 6.27. The Morgan fingerprint density at radius 3 is 2.43 bits per heavy atom. The normalized spacial score (nSPS) is 12.5. The Morgan fingerprint density at radius 1 is 1.10 bits per heavy atom. The van der Waals surface area contributed by atoms with Gasteiger partial charge >= 0.3 is 0 Å². The lowest BCUT2D eigenvalue weighted by Gasteiger charge is -2.22. The Hall–Kier alpha value is -1.51. The Morgan fingerprint density at radius 2 is 1.81 bits per heavy atom. The second kappa shape index (κ2) is 6.97. The first kappa shape index (κ1) is 15.9. The van der Waals surface area contributed by atoms with Gasteiger partial charge in [0, 0.05) is 10.6 Å². The van der Waals surface area contributed by atoms with Gasteiger partial charge in [-0.05, 0) is 51.1 Å². The Bertz CT molecular complexity index is 610. The van der Waals surface area contributed by atoms with Gasteiger partial charge < -0.3 is 10.1 Å². The molecule has 0 spiro atoms. The van der Waals surface area contributed by atoms with E-state index in [-0.39, 0.29) is 12.1 Å². The van der Waals surface area contributed by atoms with Crippen molar-refractivity contribution in [2.75, 3.05) is 7.05 Å². The van der Waals surface area contributed by atoms with E-state index in [2.05, 4.69) is 17.4 Å². The fourth-order valence-corrected chi connectivity index (χ4v) is 2.56. The predicted molar refractivity (Wildman–Crippen MR) is 89.3 cm³/mol. The van der Waals surface area contributed by atoms with Gasteiger partial charge in [-0.25, -0.2) is 0 Å². The molecule has 1 unspecified atom stereocenters. The highest BCUT2D eigenvalue weighted by Crippen LogP contribution is 2.32. The Balaban J connectivity index is 2.43. The van der Waals surface area contributed by atoms with Crippen LogP contribution in [0.5, 0.6) is 5.75 Å². The zero-order valence-corrected chi connectivity index (χ0v) is 13.7.